The third-order valence-electron chi connectivity index (χ3n) is 3.79. The standard InChI is InChI=1S/C14H21NO4S2/c1-19-14(16)12-8-9-13(20-12)21(17,18)15-10-4-7-11-5-2-3-6-11/h8-9,11,15H,2-7,10H2,1H3. The number of ether oxygens (including phenoxy) is 1. The van der Waals surface area contributed by atoms with Gasteiger partial charge in [0.2, 0.25) is 10.0 Å². The molecule has 1 aromatic rings. The Morgan fingerprint density at radius 2 is 2.10 bits per heavy atom. The van der Waals surface area contributed by atoms with Gasteiger partial charge in [-0.05, 0) is 30.9 Å². The largest absolute Gasteiger partial charge is 0.465 e. The van der Waals surface area contributed by atoms with E-state index in [1.807, 2.05) is 0 Å². The van der Waals surface area contributed by atoms with E-state index >= 15 is 0 Å². The molecule has 0 radical (unpaired) electrons. The molecule has 0 bridgehead atoms. The van der Waals surface area contributed by atoms with Crippen molar-refractivity contribution >= 4 is 27.3 Å². The lowest BCUT2D eigenvalue weighted by Gasteiger charge is -2.09. The maximum atomic E-state index is 12.1. The highest BCUT2D eigenvalue weighted by molar-refractivity contribution is 7.91. The predicted molar refractivity (Wildman–Crippen MR) is 82.0 cm³/mol. The van der Waals surface area contributed by atoms with E-state index in [-0.39, 0.29) is 4.21 Å². The fourth-order valence-corrected chi connectivity index (χ4v) is 4.99. The van der Waals surface area contributed by atoms with Gasteiger partial charge in [-0.3, -0.25) is 0 Å². The quantitative estimate of drug-likeness (QED) is 0.616. The second-order valence-electron chi connectivity index (χ2n) is 5.30. The molecule has 0 aromatic carbocycles. The van der Waals surface area contributed by atoms with Gasteiger partial charge in [-0.1, -0.05) is 25.7 Å². The molecule has 0 atom stereocenters. The van der Waals surface area contributed by atoms with Crippen molar-refractivity contribution in [1.82, 2.24) is 4.72 Å². The van der Waals surface area contributed by atoms with Crippen molar-refractivity contribution in [3.63, 3.8) is 0 Å². The summed E-state index contributed by atoms with van der Waals surface area (Å²) in [5.74, 6) is 0.254. The van der Waals surface area contributed by atoms with Gasteiger partial charge in [-0.15, -0.1) is 11.3 Å². The first kappa shape index (κ1) is 16.5. The molecule has 7 heteroatoms. The van der Waals surface area contributed by atoms with Gasteiger partial charge in [0.05, 0.1) is 7.11 Å². The van der Waals surface area contributed by atoms with Crippen molar-refractivity contribution in [2.45, 2.75) is 42.7 Å². The normalized spacial score (nSPS) is 16.2. The van der Waals surface area contributed by atoms with Gasteiger partial charge >= 0.3 is 5.97 Å². The molecule has 0 amide bonds. The van der Waals surface area contributed by atoms with Gasteiger partial charge in [0.25, 0.3) is 0 Å². The van der Waals surface area contributed by atoms with Crippen LogP contribution in [-0.4, -0.2) is 28.0 Å². The Kier molecular flexibility index (Phi) is 5.78. The molecule has 1 heterocycles. The van der Waals surface area contributed by atoms with E-state index in [2.05, 4.69) is 9.46 Å². The first-order chi connectivity index (χ1) is 10.0. The number of methoxy groups -OCH3 is 1. The minimum absolute atomic E-state index is 0.156. The van der Waals surface area contributed by atoms with Gasteiger partial charge in [0.1, 0.15) is 9.09 Å². The average Bonchev–Trinajstić information content (AvgIpc) is 3.14. The Morgan fingerprint density at radius 1 is 1.38 bits per heavy atom. The molecular weight excluding hydrogens is 310 g/mol. The molecule has 1 aromatic heterocycles. The van der Waals surface area contributed by atoms with E-state index < -0.39 is 16.0 Å². The van der Waals surface area contributed by atoms with Crippen LogP contribution in [0.4, 0.5) is 0 Å². The van der Waals surface area contributed by atoms with Gasteiger partial charge in [-0.2, -0.15) is 0 Å². The third kappa shape index (κ3) is 4.52. The number of carbonyl (C=O) groups excluding carboxylic acids is 1. The van der Waals surface area contributed by atoms with Crippen LogP contribution in [0.1, 0.15) is 48.2 Å². The Balaban J connectivity index is 1.83. The summed E-state index contributed by atoms with van der Waals surface area (Å²) in [5.41, 5.74) is 0. The highest BCUT2D eigenvalue weighted by Crippen LogP contribution is 2.28. The van der Waals surface area contributed by atoms with Crippen LogP contribution >= 0.6 is 11.3 Å². The summed E-state index contributed by atoms with van der Waals surface area (Å²) in [6.45, 7) is 0.449. The van der Waals surface area contributed by atoms with Crippen LogP contribution in [0.5, 0.6) is 0 Å². The van der Waals surface area contributed by atoms with Crippen molar-refractivity contribution in [1.29, 1.82) is 0 Å². The average molecular weight is 331 g/mol. The number of sulfonamides is 1. The van der Waals surface area contributed by atoms with Crippen LogP contribution in [0.15, 0.2) is 16.3 Å². The summed E-state index contributed by atoms with van der Waals surface area (Å²) in [5, 5.41) is 0. The Morgan fingerprint density at radius 3 is 2.76 bits per heavy atom. The van der Waals surface area contributed by atoms with Gasteiger partial charge in [-0.25, -0.2) is 17.9 Å². The molecule has 21 heavy (non-hydrogen) atoms. The number of rotatable bonds is 7. The lowest BCUT2D eigenvalue weighted by Crippen LogP contribution is -2.24. The van der Waals surface area contributed by atoms with Crippen LogP contribution in [0, 0.1) is 5.92 Å². The summed E-state index contributed by atoms with van der Waals surface area (Å²) in [6.07, 6.45) is 7.11. The lowest BCUT2D eigenvalue weighted by molar-refractivity contribution is 0.0606. The molecule has 1 aliphatic rings. The number of nitrogens with one attached hydrogen (secondary N) is 1. The van der Waals surface area contributed by atoms with Crippen LogP contribution in [-0.2, 0) is 14.8 Å². The van der Waals surface area contributed by atoms with Gasteiger partial charge in [0.15, 0.2) is 0 Å². The van der Waals surface area contributed by atoms with Gasteiger partial charge in [0, 0.05) is 6.54 Å². The van der Waals surface area contributed by atoms with Crippen molar-refractivity contribution < 1.29 is 17.9 Å². The molecule has 0 unspecified atom stereocenters. The monoisotopic (exact) mass is 331 g/mol. The molecule has 1 N–H and O–H groups in total. The second kappa shape index (κ2) is 7.38. The van der Waals surface area contributed by atoms with Crippen molar-refractivity contribution in [3.8, 4) is 0 Å². The minimum Gasteiger partial charge on any atom is -0.465 e. The van der Waals surface area contributed by atoms with E-state index in [0.29, 0.717) is 11.4 Å². The number of esters is 1. The van der Waals surface area contributed by atoms with E-state index in [1.54, 1.807) is 0 Å². The number of hydrogen-bond acceptors (Lipinski definition) is 5. The highest BCUT2D eigenvalue weighted by Gasteiger charge is 2.20. The number of carbonyl (C=O) groups is 1. The third-order valence-corrected chi connectivity index (χ3v) is 6.81. The first-order valence-corrected chi connectivity index (χ1v) is 9.50. The molecular formula is C14H21NO4S2. The van der Waals surface area contributed by atoms with E-state index in [9.17, 15) is 13.2 Å². The van der Waals surface area contributed by atoms with Crippen molar-refractivity contribution in [2.75, 3.05) is 13.7 Å². The van der Waals surface area contributed by atoms with Crippen molar-refractivity contribution in [2.24, 2.45) is 5.92 Å². The summed E-state index contributed by atoms with van der Waals surface area (Å²) in [6, 6.07) is 2.92. The summed E-state index contributed by atoms with van der Waals surface area (Å²) >= 11 is 0.931. The molecule has 0 aliphatic heterocycles. The number of hydrogen-bond donors (Lipinski definition) is 1. The lowest BCUT2D eigenvalue weighted by atomic mass is 10.0. The molecule has 1 saturated carbocycles. The smallest absolute Gasteiger partial charge is 0.348 e. The van der Waals surface area contributed by atoms with Crippen LogP contribution in [0.3, 0.4) is 0 Å². The second-order valence-corrected chi connectivity index (χ2v) is 8.38. The van der Waals surface area contributed by atoms with Crippen molar-refractivity contribution in [3.05, 3.63) is 17.0 Å². The maximum Gasteiger partial charge on any atom is 0.348 e. The topological polar surface area (TPSA) is 72.5 Å². The summed E-state index contributed by atoms with van der Waals surface area (Å²) in [4.78, 5) is 11.6. The van der Waals surface area contributed by atoms with Crippen LogP contribution < -0.4 is 4.72 Å². The Hall–Kier alpha value is -0.920. The van der Waals surface area contributed by atoms with E-state index in [0.717, 1.165) is 30.1 Å². The summed E-state index contributed by atoms with van der Waals surface area (Å²) in [7, 11) is -2.24. The zero-order valence-corrected chi connectivity index (χ0v) is 13.8. The molecule has 0 saturated heterocycles. The molecule has 0 spiro atoms. The molecule has 2 rings (SSSR count). The zero-order chi connectivity index (χ0) is 15.3. The molecule has 118 valence electrons. The number of thiophene rings is 1. The molecule has 1 fully saturated rings. The SMILES string of the molecule is COC(=O)c1ccc(S(=O)(=O)NCCCC2CCCC2)s1. The zero-order valence-electron chi connectivity index (χ0n) is 12.1. The fraction of sp³-hybridized carbons (Fsp3) is 0.643. The van der Waals surface area contributed by atoms with E-state index in [1.165, 1.54) is 44.9 Å². The minimum atomic E-state index is -3.52. The summed E-state index contributed by atoms with van der Waals surface area (Å²) < 4.78 is 31.5. The van der Waals surface area contributed by atoms with E-state index in [4.69, 9.17) is 0 Å². The van der Waals surface area contributed by atoms with Gasteiger partial charge < -0.3 is 4.74 Å². The Bertz CT molecular complexity index is 574. The van der Waals surface area contributed by atoms with Crippen LogP contribution in [0.25, 0.3) is 0 Å². The highest BCUT2D eigenvalue weighted by atomic mass is 32.2. The van der Waals surface area contributed by atoms with Crippen LogP contribution in [0.2, 0.25) is 0 Å². The predicted octanol–water partition coefficient (Wildman–Crippen LogP) is 2.78. The Labute approximate surface area is 129 Å². The first-order valence-electron chi connectivity index (χ1n) is 7.21. The molecule has 5 nitrogen and oxygen atoms in total. The molecule has 1 aliphatic carbocycles. The fourth-order valence-electron chi connectivity index (χ4n) is 2.64. The maximum absolute atomic E-state index is 12.1.